The fourth-order valence-corrected chi connectivity index (χ4v) is 3.22. The summed E-state index contributed by atoms with van der Waals surface area (Å²) in [7, 11) is 0. The van der Waals surface area contributed by atoms with Gasteiger partial charge in [0.2, 0.25) is 0 Å². The number of thiophene rings is 2. The molecule has 0 saturated carbocycles. The Morgan fingerprint density at radius 2 is 2.15 bits per heavy atom. The van der Waals surface area contributed by atoms with E-state index in [-0.39, 0.29) is 12.5 Å². The number of hydrogen-bond acceptors (Lipinski definition) is 4. The Labute approximate surface area is 130 Å². The van der Waals surface area contributed by atoms with Gasteiger partial charge >= 0.3 is 0 Å². The third kappa shape index (κ3) is 4.36. The maximum absolute atomic E-state index is 11.8. The molecule has 0 atom stereocenters. The van der Waals surface area contributed by atoms with E-state index in [1.807, 2.05) is 12.1 Å². The van der Waals surface area contributed by atoms with Crippen molar-refractivity contribution in [1.82, 2.24) is 5.32 Å². The summed E-state index contributed by atoms with van der Waals surface area (Å²) in [5, 5.41) is 11.5. The number of amides is 1. The molecule has 0 bridgehead atoms. The average Bonchev–Trinajstić information content (AvgIpc) is 3.05. The molecule has 0 unspecified atom stereocenters. The molecule has 0 aliphatic carbocycles. The van der Waals surface area contributed by atoms with Crippen molar-refractivity contribution < 1.29 is 9.90 Å². The first-order chi connectivity index (χ1) is 9.69. The van der Waals surface area contributed by atoms with Crippen molar-refractivity contribution in [1.29, 1.82) is 0 Å². The number of hydrogen-bond donors (Lipinski definition) is 2. The molecular formula is C14H12ClNO2S2. The molecule has 2 aromatic rings. The molecule has 0 aliphatic heterocycles. The molecule has 2 rings (SSSR count). The zero-order chi connectivity index (χ0) is 14.4. The normalized spacial score (nSPS) is 9.90. The van der Waals surface area contributed by atoms with E-state index in [2.05, 4.69) is 17.2 Å². The first kappa shape index (κ1) is 15.1. The minimum absolute atomic E-state index is 0.0741. The highest BCUT2D eigenvalue weighted by molar-refractivity contribution is 7.18. The molecule has 0 aliphatic rings. The van der Waals surface area contributed by atoms with E-state index in [4.69, 9.17) is 16.7 Å². The highest BCUT2D eigenvalue weighted by Crippen LogP contribution is 2.21. The molecule has 0 saturated heterocycles. The van der Waals surface area contributed by atoms with Crippen LogP contribution in [0.25, 0.3) is 0 Å². The fraction of sp³-hybridized carbons (Fsp3) is 0.214. The number of halogens is 1. The van der Waals surface area contributed by atoms with E-state index in [0.29, 0.717) is 22.2 Å². The Balaban J connectivity index is 1.88. The van der Waals surface area contributed by atoms with Crippen molar-refractivity contribution >= 4 is 40.2 Å². The van der Waals surface area contributed by atoms with Gasteiger partial charge in [-0.05, 0) is 24.3 Å². The topological polar surface area (TPSA) is 49.3 Å². The number of aliphatic hydroxyl groups is 1. The van der Waals surface area contributed by atoms with E-state index >= 15 is 0 Å². The van der Waals surface area contributed by atoms with E-state index in [1.54, 1.807) is 12.1 Å². The number of carbonyl (C=O) groups is 1. The predicted molar refractivity (Wildman–Crippen MR) is 83.4 cm³/mol. The fourth-order valence-electron chi connectivity index (χ4n) is 1.44. The molecule has 0 fully saturated rings. The monoisotopic (exact) mass is 325 g/mol. The molecule has 0 aromatic carbocycles. The van der Waals surface area contributed by atoms with Gasteiger partial charge in [-0.25, -0.2) is 0 Å². The first-order valence-electron chi connectivity index (χ1n) is 5.91. The van der Waals surface area contributed by atoms with Crippen molar-refractivity contribution in [2.45, 2.75) is 13.0 Å². The molecule has 6 heteroatoms. The zero-order valence-electron chi connectivity index (χ0n) is 10.5. The van der Waals surface area contributed by atoms with Crippen LogP contribution >= 0.6 is 34.3 Å². The second kappa shape index (κ2) is 7.46. The molecule has 3 nitrogen and oxygen atoms in total. The van der Waals surface area contributed by atoms with Crippen LogP contribution in [0.3, 0.4) is 0 Å². The first-order valence-corrected chi connectivity index (χ1v) is 7.92. The summed E-state index contributed by atoms with van der Waals surface area (Å²) in [6.45, 7) is 0.547. The maximum atomic E-state index is 11.8. The van der Waals surface area contributed by atoms with Gasteiger partial charge in [0.1, 0.15) is 0 Å². The second-order valence-corrected chi connectivity index (χ2v) is 6.71. The van der Waals surface area contributed by atoms with Gasteiger partial charge in [-0.2, -0.15) is 0 Å². The standard InChI is InChI=1S/C14H12ClNO2S2/c15-13-7-6-12(20-13)14(18)16-9-11-5-4-10(19-11)3-1-2-8-17/h4-7,17H,2,8-9H2,(H,16,18). The predicted octanol–water partition coefficient (Wildman–Crippen LogP) is 3.13. The third-order valence-electron chi connectivity index (χ3n) is 2.33. The molecule has 1 amide bonds. The van der Waals surface area contributed by atoms with Crippen LogP contribution in [0.4, 0.5) is 0 Å². The SMILES string of the molecule is O=C(NCc1ccc(C#CCCO)s1)c1ccc(Cl)s1. The summed E-state index contributed by atoms with van der Waals surface area (Å²) >= 11 is 8.59. The van der Waals surface area contributed by atoms with Crippen molar-refractivity contribution in [3.63, 3.8) is 0 Å². The summed E-state index contributed by atoms with van der Waals surface area (Å²) in [5.74, 6) is 5.72. The Kier molecular flexibility index (Phi) is 5.62. The summed E-state index contributed by atoms with van der Waals surface area (Å²) in [6.07, 6.45) is 0.475. The van der Waals surface area contributed by atoms with Gasteiger partial charge in [-0.15, -0.1) is 22.7 Å². The largest absolute Gasteiger partial charge is 0.395 e. The Morgan fingerprint density at radius 3 is 2.85 bits per heavy atom. The van der Waals surface area contributed by atoms with E-state index in [9.17, 15) is 4.79 Å². The number of aliphatic hydroxyl groups excluding tert-OH is 1. The molecule has 20 heavy (non-hydrogen) atoms. The molecule has 104 valence electrons. The molecule has 2 heterocycles. The lowest BCUT2D eigenvalue weighted by molar-refractivity contribution is 0.0955. The number of rotatable bonds is 4. The van der Waals surface area contributed by atoms with Crippen LogP contribution in [0, 0.1) is 11.8 Å². The highest BCUT2D eigenvalue weighted by atomic mass is 35.5. The van der Waals surface area contributed by atoms with Gasteiger partial charge < -0.3 is 10.4 Å². The molecule has 2 N–H and O–H groups in total. The van der Waals surface area contributed by atoms with Crippen LogP contribution in [0.5, 0.6) is 0 Å². The van der Waals surface area contributed by atoms with E-state index in [1.165, 1.54) is 22.7 Å². The quantitative estimate of drug-likeness (QED) is 0.848. The summed E-state index contributed by atoms with van der Waals surface area (Å²) in [6, 6.07) is 7.28. The maximum Gasteiger partial charge on any atom is 0.261 e. The van der Waals surface area contributed by atoms with Crippen LogP contribution in [-0.4, -0.2) is 17.6 Å². The Hall–Kier alpha value is -1.32. The zero-order valence-corrected chi connectivity index (χ0v) is 12.9. The van der Waals surface area contributed by atoms with Gasteiger partial charge in [0.25, 0.3) is 5.91 Å². The summed E-state index contributed by atoms with van der Waals surface area (Å²) in [4.78, 5) is 14.4. The Morgan fingerprint density at radius 1 is 1.30 bits per heavy atom. The molecule has 0 radical (unpaired) electrons. The summed E-state index contributed by atoms with van der Waals surface area (Å²) in [5.41, 5.74) is 0. The number of carbonyl (C=O) groups excluding carboxylic acids is 1. The lowest BCUT2D eigenvalue weighted by Gasteiger charge is -2.00. The lowest BCUT2D eigenvalue weighted by atomic mass is 10.4. The van der Waals surface area contributed by atoms with E-state index < -0.39 is 0 Å². The van der Waals surface area contributed by atoms with Crippen LogP contribution in [0.1, 0.15) is 25.8 Å². The highest BCUT2D eigenvalue weighted by Gasteiger charge is 2.08. The van der Waals surface area contributed by atoms with Crippen LogP contribution in [0.2, 0.25) is 4.34 Å². The van der Waals surface area contributed by atoms with Crippen molar-refractivity contribution in [2.24, 2.45) is 0 Å². The van der Waals surface area contributed by atoms with Crippen molar-refractivity contribution in [2.75, 3.05) is 6.61 Å². The van der Waals surface area contributed by atoms with Crippen molar-refractivity contribution in [3.8, 4) is 11.8 Å². The summed E-state index contributed by atoms with van der Waals surface area (Å²) < 4.78 is 0.604. The van der Waals surface area contributed by atoms with Gasteiger partial charge in [0.15, 0.2) is 0 Å². The lowest BCUT2D eigenvalue weighted by Crippen LogP contribution is -2.21. The second-order valence-electron chi connectivity index (χ2n) is 3.83. The van der Waals surface area contributed by atoms with Gasteiger partial charge in [-0.3, -0.25) is 4.79 Å². The molecule has 2 aromatic heterocycles. The molecule has 0 spiro atoms. The van der Waals surface area contributed by atoms with Gasteiger partial charge in [0.05, 0.1) is 27.2 Å². The van der Waals surface area contributed by atoms with Crippen LogP contribution in [-0.2, 0) is 6.54 Å². The molecular weight excluding hydrogens is 314 g/mol. The van der Waals surface area contributed by atoms with Gasteiger partial charge in [0, 0.05) is 11.3 Å². The minimum Gasteiger partial charge on any atom is -0.395 e. The van der Waals surface area contributed by atoms with Crippen LogP contribution in [0.15, 0.2) is 24.3 Å². The smallest absolute Gasteiger partial charge is 0.261 e. The van der Waals surface area contributed by atoms with Gasteiger partial charge in [-0.1, -0.05) is 23.4 Å². The van der Waals surface area contributed by atoms with Crippen molar-refractivity contribution in [3.05, 3.63) is 43.2 Å². The minimum atomic E-state index is -0.122. The number of nitrogens with one attached hydrogen (secondary N) is 1. The van der Waals surface area contributed by atoms with Crippen LogP contribution < -0.4 is 5.32 Å². The third-order valence-corrected chi connectivity index (χ3v) is 4.56. The average molecular weight is 326 g/mol. The Bertz CT molecular complexity index is 651. The van der Waals surface area contributed by atoms with E-state index in [0.717, 1.165) is 9.75 Å².